The molecule has 1 rings (SSSR count). The summed E-state index contributed by atoms with van der Waals surface area (Å²) in [6.07, 6.45) is 3.92. The minimum Gasteiger partial charge on any atom is -0.342 e. The number of amides is 1. The zero-order valence-corrected chi connectivity index (χ0v) is 11.8. The van der Waals surface area contributed by atoms with E-state index in [2.05, 4.69) is 19.2 Å². The largest absolute Gasteiger partial charge is 0.342 e. The third-order valence-corrected chi connectivity index (χ3v) is 4.15. The molecule has 1 amide bonds. The van der Waals surface area contributed by atoms with Gasteiger partial charge in [0.25, 0.3) is 0 Å². The smallest absolute Gasteiger partial charge is 0.236 e. The van der Waals surface area contributed by atoms with E-state index in [1.807, 2.05) is 18.7 Å². The highest BCUT2D eigenvalue weighted by molar-refractivity contribution is 5.78. The quantitative estimate of drug-likeness (QED) is 0.799. The van der Waals surface area contributed by atoms with Crippen LogP contribution < -0.4 is 5.32 Å². The highest BCUT2D eigenvalue weighted by Gasteiger charge is 2.27. The maximum atomic E-state index is 11.9. The van der Waals surface area contributed by atoms with Crippen molar-refractivity contribution in [3.05, 3.63) is 0 Å². The molecule has 0 spiro atoms. The summed E-state index contributed by atoms with van der Waals surface area (Å²) in [6, 6.07) is 0.517. The van der Waals surface area contributed by atoms with E-state index in [1.165, 1.54) is 19.3 Å². The van der Waals surface area contributed by atoms with E-state index in [0.717, 1.165) is 13.1 Å². The van der Waals surface area contributed by atoms with Gasteiger partial charge in [0.05, 0.1) is 6.54 Å². The summed E-state index contributed by atoms with van der Waals surface area (Å²) in [6.45, 7) is 10.8. The average molecular weight is 240 g/mol. The third kappa shape index (κ3) is 3.98. The standard InChI is InChI=1S/C14H28N2O/c1-5-16(6-2)13(17)10-15-14-11(3)8-7-9-12(14)4/h11-12,14-15H,5-10H2,1-4H3. The third-order valence-electron chi connectivity index (χ3n) is 4.15. The lowest BCUT2D eigenvalue weighted by Crippen LogP contribution is -2.47. The van der Waals surface area contributed by atoms with Crippen molar-refractivity contribution in [1.29, 1.82) is 0 Å². The van der Waals surface area contributed by atoms with Gasteiger partial charge >= 0.3 is 0 Å². The number of hydrogen-bond acceptors (Lipinski definition) is 2. The minimum absolute atomic E-state index is 0.236. The SMILES string of the molecule is CCN(CC)C(=O)CNC1C(C)CCCC1C. The molecule has 0 aromatic carbocycles. The van der Waals surface area contributed by atoms with Crippen molar-refractivity contribution in [2.75, 3.05) is 19.6 Å². The molecule has 0 radical (unpaired) electrons. The fraction of sp³-hybridized carbons (Fsp3) is 0.929. The Morgan fingerprint density at radius 2 is 1.71 bits per heavy atom. The lowest BCUT2D eigenvalue weighted by Gasteiger charge is -2.35. The number of carbonyl (C=O) groups excluding carboxylic acids is 1. The van der Waals surface area contributed by atoms with Crippen molar-refractivity contribution in [2.45, 2.75) is 53.0 Å². The second-order valence-electron chi connectivity index (χ2n) is 5.36. The predicted molar refractivity (Wildman–Crippen MR) is 71.9 cm³/mol. The van der Waals surface area contributed by atoms with Gasteiger partial charge in [-0.2, -0.15) is 0 Å². The van der Waals surface area contributed by atoms with Gasteiger partial charge in [-0.1, -0.05) is 20.3 Å². The van der Waals surface area contributed by atoms with E-state index in [4.69, 9.17) is 0 Å². The predicted octanol–water partition coefficient (Wildman–Crippen LogP) is 2.27. The van der Waals surface area contributed by atoms with Crippen LogP contribution in [-0.2, 0) is 4.79 Å². The van der Waals surface area contributed by atoms with Crippen LogP contribution in [0.3, 0.4) is 0 Å². The summed E-state index contributed by atoms with van der Waals surface area (Å²) in [5.41, 5.74) is 0. The van der Waals surface area contributed by atoms with Gasteiger partial charge in [-0.25, -0.2) is 0 Å². The molecule has 0 heterocycles. The van der Waals surface area contributed by atoms with Crippen LogP contribution in [0.1, 0.15) is 47.0 Å². The molecule has 2 unspecified atom stereocenters. The lowest BCUT2D eigenvalue weighted by atomic mass is 9.79. The molecule has 3 nitrogen and oxygen atoms in total. The molecule has 1 N–H and O–H groups in total. The zero-order chi connectivity index (χ0) is 12.8. The van der Waals surface area contributed by atoms with Crippen molar-refractivity contribution in [3.8, 4) is 0 Å². The minimum atomic E-state index is 0.236. The van der Waals surface area contributed by atoms with Crippen molar-refractivity contribution in [2.24, 2.45) is 11.8 Å². The second-order valence-corrected chi connectivity index (χ2v) is 5.36. The van der Waals surface area contributed by atoms with Gasteiger partial charge in [-0.05, 0) is 38.5 Å². The molecule has 1 saturated carbocycles. The first kappa shape index (κ1) is 14.5. The average Bonchev–Trinajstić information content (AvgIpc) is 2.30. The number of likely N-dealkylation sites (N-methyl/N-ethyl adjacent to an activating group) is 1. The zero-order valence-electron chi connectivity index (χ0n) is 11.8. The first-order valence-corrected chi connectivity index (χ1v) is 7.11. The van der Waals surface area contributed by atoms with E-state index in [0.29, 0.717) is 24.4 Å². The van der Waals surface area contributed by atoms with Crippen LogP contribution in [-0.4, -0.2) is 36.5 Å². The molecule has 0 bridgehead atoms. The Balaban J connectivity index is 2.40. The van der Waals surface area contributed by atoms with Crippen molar-refractivity contribution in [1.82, 2.24) is 10.2 Å². The summed E-state index contributed by atoms with van der Waals surface area (Å²) < 4.78 is 0. The Morgan fingerprint density at radius 3 is 2.18 bits per heavy atom. The van der Waals surface area contributed by atoms with Crippen LogP contribution in [0.15, 0.2) is 0 Å². The van der Waals surface area contributed by atoms with E-state index < -0.39 is 0 Å². The van der Waals surface area contributed by atoms with Crippen molar-refractivity contribution < 1.29 is 4.79 Å². The molecule has 0 aliphatic heterocycles. The number of nitrogens with zero attached hydrogens (tertiary/aromatic N) is 1. The fourth-order valence-electron chi connectivity index (χ4n) is 2.98. The summed E-state index contributed by atoms with van der Waals surface area (Å²) >= 11 is 0. The molecule has 100 valence electrons. The lowest BCUT2D eigenvalue weighted by molar-refractivity contribution is -0.130. The van der Waals surface area contributed by atoms with Gasteiger partial charge < -0.3 is 10.2 Å². The van der Waals surface area contributed by atoms with Crippen LogP contribution in [0.4, 0.5) is 0 Å². The van der Waals surface area contributed by atoms with Gasteiger partial charge in [-0.15, -0.1) is 0 Å². The summed E-state index contributed by atoms with van der Waals surface area (Å²) in [4.78, 5) is 13.8. The molecule has 0 aromatic rings. The van der Waals surface area contributed by atoms with Crippen LogP contribution >= 0.6 is 0 Å². The molecule has 17 heavy (non-hydrogen) atoms. The van der Waals surface area contributed by atoms with Crippen LogP contribution in [0.5, 0.6) is 0 Å². The number of carbonyl (C=O) groups is 1. The molecule has 2 atom stereocenters. The van der Waals surface area contributed by atoms with Crippen LogP contribution in [0, 0.1) is 11.8 Å². The first-order valence-electron chi connectivity index (χ1n) is 7.11. The Hall–Kier alpha value is -0.570. The highest BCUT2D eigenvalue weighted by Crippen LogP contribution is 2.28. The number of nitrogens with one attached hydrogen (secondary N) is 1. The Labute approximate surface area is 106 Å². The molecule has 0 saturated heterocycles. The van der Waals surface area contributed by atoms with Crippen molar-refractivity contribution >= 4 is 5.91 Å². The Morgan fingerprint density at radius 1 is 1.18 bits per heavy atom. The topological polar surface area (TPSA) is 32.3 Å². The Bertz CT molecular complexity index is 228. The molecular formula is C14H28N2O. The van der Waals surface area contributed by atoms with Gasteiger partial charge in [0, 0.05) is 19.1 Å². The summed E-state index contributed by atoms with van der Waals surface area (Å²) in [5.74, 6) is 1.63. The highest BCUT2D eigenvalue weighted by atomic mass is 16.2. The maximum Gasteiger partial charge on any atom is 0.236 e. The van der Waals surface area contributed by atoms with Gasteiger partial charge in [0.15, 0.2) is 0 Å². The fourth-order valence-corrected chi connectivity index (χ4v) is 2.98. The van der Waals surface area contributed by atoms with Gasteiger partial charge in [-0.3, -0.25) is 4.79 Å². The number of rotatable bonds is 5. The molecule has 1 fully saturated rings. The molecule has 0 aromatic heterocycles. The van der Waals surface area contributed by atoms with E-state index >= 15 is 0 Å². The van der Waals surface area contributed by atoms with Crippen molar-refractivity contribution in [3.63, 3.8) is 0 Å². The molecule has 1 aliphatic carbocycles. The second kappa shape index (κ2) is 7.00. The van der Waals surface area contributed by atoms with E-state index in [1.54, 1.807) is 0 Å². The van der Waals surface area contributed by atoms with E-state index in [9.17, 15) is 4.79 Å². The van der Waals surface area contributed by atoms with Gasteiger partial charge in [0.2, 0.25) is 5.91 Å². The van der Waals surface area contributed by atoms with Crippen LogP contribution in [0.25, 0.3) is 0 Å². The molecular weight excluding hydrogens is 212 g/mol. The van der Waals surface area contributed by atoms with E-state index in [-0.39, 0.29) is 5.91 Å². The Kier molecular flexibility index (Phi) is 5.96. The monoisotopic (exact) mass is 240 g/mol. The number of hydrogen-bond donors (Lipinski definition) is 1. The maximum absolute atomic E-state index is 11.9. The first-order chi connectivity index (χ1) is 8.10. The molecule has 3 heteroatoms. The van der Waals surface area contributed by atoms with Gasteiger partial charge in [0.1, 0.15) is 0 Å². The summed E-state index contributed by atoms with van der Waals surface area (Å²) in [7, 11) is 0. The molecule has 1 aliphatic rings. The summed E-state index contributed by atoms with van der Waals surface area (Å²) in [5, 5.41) is 3.48. The normalized spacial score (nSPS) is 29.1. The van der Waals surface area contributed by atoms with Crippen LogP contribution in [0.2, 0.25) is 0 Å².